The molecule has 0 aromatic carbocycles. The number of rotatable bonds is 4. The fourth-order valence-corrected chi connectivity index (χ4v) is 2.81. The third kappa shape index (κ3) is 3.25. The Morgan fingerprint density at radius 3 is 2.64 bits per heavy atom. The van der Waals surface area contributed by atoms with Crippen molar-refractivity contribution in [2.45, 2.75) is 52.0 Å². The summed E-state index contributed by atoms with van der Waals surface area (Å²) in [5, 5.41) is 0. The van der Waals surface area contributed by atoms with Gasteiger partial charge in [0, 0.05) is 6.04 Å². The van der Waals surface area contributed by atoms with Crippen molar-refractivity contribution in [3.05, 3.63) is 0 Å². The quantitative estimate of drug-likeness (QED) is 0.727. The van der Waals surface area contributed by atoms with Crippen LogP contribution in [0.1, 0.15) is 46.0 Å². The minimum atomic E-state index is 0.437. The van der Waals surface area contributed by atoms with E-state index in [0.717, 1.165) is 30.7 Å². The smallest absolute Gasteiger partial charge is 0.00722 e. The van der Waals surface area contributed by atoms with E-state index in [9.17, 15) is 0 Å². The van der Waals surface area contributed by atoms with E-state index >= 15 is 0 Å². The summed E-state index contributed by atoms with van der Waals surface area (Å²) in [7, 11) is 0. The average molecular weight is 198 g/mol. The van der Waals surface area contributed by atoms with E-state index in [-0.39, 0.29) is 0 Å². The lowest BCUT2D eigenvalue weighted by molar-refractivity contribution is 0.182. The maximum absolute atomic E-state index is 6.21. The molecule has 4 atom stereocenters. The molecule has 0 saturated heterocycles. The third-order valence-electron chi connectivity index (χ3n) is 3.81. The van der Waals surface area contributed by atoms with Crippen LogP contribution in [0.25, 0.3) is 0 Å². The molecule has 2 heteroatoms. The standard InChI is InChI=1S/C12H26N2/c1-9-5-6-11(12(14)8-9)10(2)4-3-7-13/h9-12H,3-8,13-14H2,1-2H3. The molecule has 0 aliphatic heterocycles. The van der Waals surface area contributed by atoms with Gasteiger partial charge in [0.2, 0.25) is 0 Å². The van der Waals surface area contributed by atoms with Crippen molar-refractivity contribution in [1.29, 1.82) is 0 Å². The number of nitrogens with two attached hydrogens (primary N) is 2. The minimum absolute atomic E-state index is 0.437. The van der Waals surface area contributed by atoms with Crippen molar-refractivity contribution in [3.63, 3.8) is 0 Å². The zero-order valence-electron chi connectivity index (χ0n) is 9.71. The predicted molar refractivity (Wildman–Crippen MR) is 61.9 cm³/mol. The van der Waals surface area contributed by atoms with Crippen LogP contribution in [-0.4, -0.2) is 12.6 Å². The van der Waals surface area contributed by atoms with Crippen molar-refractivity contribution >= 4 is 0 Å². The third-order valence-corrected chi connectivity index (χ3v) is 3.81. The summed E-state index contributed by atoms with van der Waals surface area (Å²) in [6, 6.07) is 0.437. The summed E-state index contributed by atoms with van der Waals surface area (Å²) in [5.74, 6) is 2.35. The largest absolute Gasteiger partial charge is 0.330 e. The van der Waals surface area contributed by atoms with E-state index in [0.29, 0.717) is 6.04 Å². The van der Waals surface area contributed by atoms with E-state index in [2.05, 4.69) is 13.8 Å². The molecule has 0 amide bonds. The molecule has 2 nitrogen and oxygen atoms in total. The molecule has 1 saturated carbocycles. The highest BCUT2D eigenvalue weighted by Crippen LogP contribution is 2.34. The zero-order valence-corrected chi connectivity index (χ0v) is 9.71. The average Bonchev–Trinajstić information content (AvgIpc) is 2.14. The summed E-state index contributed by atoms with van der Waals surface area (Å²) in [5.41, 5.74) is 11.7. The highest BCUT2D eigenvalue weighted by atomic mass is 14.7. The Bertz CT molecular complexity index is 158. The lowest BCUT2D eigenvalue weighted by Crippen LogP contribution is -2.39. The van der Waals surface area contributed by atoms with Gasteiger partial charge < -0.3 is 11.5 Å². The van der Waals surface area contributed by atoms with Gasteiger partial charge in [-0.25, -0.2) is 0 Å². The van der Waals surface area contributed by atoms with Gasteiger partial charge in [0.1, 0.15) is 0 Å². The van der Waals surface area contributed by atoms with E-state index in [1.54, 1.807) is 0 Å². The summed E-state index contributed by atoms with van der Waals surface area (Å²) >= 11 is 0. The van der Waals surface area contributed by atoms with Gasteiger partial charge >= 0.3 is 0 Å². The Balaban J connectivity index is 2.35. The molecule has 1 rings (SSSR count). The van der Waals surface area contributed by atoms with Gasteiger partial charge in [-0.2, -0.15) is 0 Å². The molecular weight excluding hydrogens is 172 g/mol. The Kier molecular flexibility index (Phi) is 4.90. The topological polar surface area (TPSA) is 52.0 Å². The van der Waals surface area contributed by atoms with Gasteiger partial charge in [-0.05, 0) is 50.0 Å². The molecule has 0 aromatic heterocycles. The van der Waals surface area contributed by atoms with Crippen LogP contribution in [0, 0.1) is 17.8 Å². The Morgan fingerprint density at radius 1 is 1.36 bits per heavy atom. The lowest BCUT2D eigenvalue weighted by Gasteiger charge is -2.36. The SMILES string of the molecule is CC1CCC(C(C)CCCN)C(N)C1. The first-order valence-corrected chi connectivity index (χ1v) is 6.10. The highest BCUT2D eigenvalue weighted by Gasteiger charge is 2.29. The van der Waals surface area contributed by atoms with Crippen LogP contribution in [-0.2, 0) is 0 Å². The maximum atomic E-state index is 6.21. The lowest BCUT2D eigenvalue weighted by atomic mass is 9.73. The van der Waals surface area contributed by atoms with E-state index < -0.39 is 0 Å². The monoisotopic (exact) mass is 198 g/mol. The summed E-state index contributed by atoms with van der Waals surface area (Å²) < 4.78 is 0. The van der Waals surface area contributed by atoms with Gasteiger partial charge in [-0.1, -0.05) is 20.3 Å². The second-order valence-electron chi connectivity index (χ2n) is 5.15. The number of hydrogen-bond donors (Lipinski definition) is 2. The van der Waals surface area contributed by atoms with Crippen LogP contribution >= 0.6 is 0 Å². The van der Waals surface area contributed by atoms with Crippen molar-refractivity contribution in [3.8, 4) is 0 Å². The molecule has 1 fully saturated rings. The fraction of sp³-hybridized carbons (Fsp3) is 1.00. The maximum Gasteiger partial charge on any atom is 0.00722 e. The van der Waals surface area contributed by atoms with Crippen molar-refractivity contribution in [2.24, 2.45) is 29.2 Å². The van der Waals surface area contributed by atoms with Crippen LogP contribution in [0.15, 0.2) is 0 Å². The Morgan fingerprint density at radius 2 is 2.07 bits per heavy atom. The van der Waals surface area contributed by atoms with Crippen LogP contribution in [0.2, 0.25) is 0 Å². The first kappa shape index (κ1) is 12.0. The van der Waals surface area contributed by atoms with Crippen molar-refractivity contribution < 1.29 is 0 Å². The van der Waals surface area contributed by atoms with Gasteiger partial charge in [-0.15, -0.1) is 0 Å². The molecule has 0 heterocycles. The molecule has 1 aliphatic rings. The molecule has 0 radical (unpaired) electrons. The Labute approximate surface area is 88.4 Å². The second-order valence-corrected chi connectivity index (χ2v) is 5.15. The predicted octanol–water partition coefficient (Wildman–Crippen LogP) is 2.12. The normalized spacial score (nSPS) is 35.6. The zero-order chi connectivity index (χ0) is 10.6. The number of hydrogen-bond acceptors (Lipinski definition) is 2. The molecule has 0 bridgehead atoms. The van der Waals surface area contributed by atoms with Gasteiger partial charge in [0.05, 0.1) is 0 Å². The molecule has 4 N–H and O–H groups in total. The summed E-state index contributed by atoms with van der Waals surface area (Å²) in [4.78, 5) is 0. The van der Waals surface area contributed by atoms with Gasteiger partial charge in [0.25, 0.3) is 0 Å². The van der Waals surface area contributed by atoms with Gasteiger partial charge in [0.15, 0.2) is 0 Å². The Hall–Kier alpha value is -0.0800. The summed E-state index contributed by atoms with van der Waals surface area (Å²) in [6.45, 7) is 5.49. The highest BCUT2D eigenvalue weighted by molar-refractivity contribution is 4.84. The van der Waals surface area contributed by atoms with Crippen LogP contribution in [0.5, 0.6) is 0 Å². The molecule has 1 aliphatic carbocycles. The van der Waals surface area contributed by atoms with Gasteiger partial charge in [-0.3, -0.25) is 0 Å². The molecule has 0 spiro atoms. The molecule has 4 unspecified atom stereocenters. The summed E-state index contributed by atoms with van der Waals surface area (Å²) in [6.07, 6.45) is 6.32. The van der Waals surface area contributed by atoms with Crippen LogP contribution < -0.4 is 11.5 Å². The van der Waals surface area contributed by atoms with E-state index in [1.165, 1.54) is 25.7 Å². The minimum Gasteiger partial charge on any atom is -0.330 e. The molecule has 0 aromatic rings. The van der Waals surface area contributed by atoms with E-state index in [4.69, 9.17) is 11.5 Å². The first-order chi connectivity index (χ1) is 6.65. The molecule has 84 valence electrons. The van der Waals surface area contributed by atoms with Crippen LogP contribution in [0.4, 0.5) is 0 Å². The molecular formula is C12H26N2. The van der Waals surface area contributed by atoms with E-state index in [1.807, 2.05) is 0 Å². The fourth-order valence-electron chi connectivity index (χ4n) is 2.81. The first-order valence-electron chi connectivity index (χ1n) is 6.10. The molecule has 14 heavy (non-hydrogen) atoms. The van der Waals surface area contributed by atoms with Crippen molar-refractivity contribution in [2.75, 3.05) is 6.54 Å². The van der Waals surface area contributed by atoms with Crippen molar-refractivity contribution in [1.82, 2.24) is 0 Å². The second kappa shape index (κ2) is 5.72. The van der Waals surface area contributed by atoms with Crippen LogP contribution in [0.3, 0.4) is 0 Å².